The van der Waals surface area contributed by atoms with Gasteiger partial charge in [0.2, 0.25) is 5.78 Å². The van der Waals surface area contributed by atoms with Gasteiger partial charge in [0.1, 0.15) is 6.54 Å². The molecule has 1 aromatic heterocycles. The maximum Gasteiger partial charge on any atom is 0.337 e. The van der Waals surface area contributed by atoms with Crippen molar-refractivity contribution in [3.63, 3.8) is 0 Å². The predicted molar refractivity (Wildman–Crippen MR) is 112 cm³/mol. The van der Waals surface area contributed by atoms with Gasteiger partial charge in [-0.05, 0) is 57.4 Å². The molecule has 160 valence electrons. The summed E-state index contributed by atoms with van der Waals surface area (Å²) in [5.41, 5.74) is 3.41. The van der Waals surface area contributed by atoms with Gasteiger partial charge in [0.05, 0.1) is 38.4 Å². The van der Waals surface area contributed by atoms with E-state index in [0.29, 0.717) is 17.8 Å². The summed E-state index contributed by atoms with van der Waals surface area (Å²) in [6.45, 7) is 6.34. The number of esters is 2. The van der Waals surface area contributed by atoms with Crippen LogP contribution in [0.25, 0.3) is 5.69 Å². The van der Waals surface area contributed by atoms with Crippen molar-refractivity contribution < 1.29 is 28.8 Å². The van der Waals surface area contributed by atoms with Crippen molar-refractivity contribution in [1.82, 2.24) is 4.57 Å². The van der Waals surface area contributed by atoms with Crippen LogP contribution >= 0.6 is 0 Å². The Hall–Kier alpha value is -2.93. The standard InChI is InChI=1S/C23H28N2O5/c1-15-10-20(21(26)14-24-8-6-5-7-9-24)16(2)25(15)19-12-17(22(27)29-3)11-18(13-19)23(28)30-4/h10-13H,5-9,14H2,1-4H3/p+1. The Kier molecular flexibility index (Phi) is 6.72. The Morgan fingerprint density at radius 1 is 0.900 bits per heavy atom. The van der Waals surface area contributed by atoms with Gasteiger partial charge in [-0.15, -0.1) is 0 Å². The predicted octanol–water partition coefficient (Wildman–Crippen LogP) is 1.92. The third-order valence-electron chi connectivity index (χ3n) is 5.72. The first-order chi connectivity index (χ1) is 14.3. The highest BCUT2D eigenvalue weighted by atomic mass is 16.5. The third kappa shape index (κ3) is 4.46. The molecule has 1 aliphatic rings. The van der Waals surface area contributed by atoms with Crippen LogP contribution in [0.3, 0.4) is 0 Å². The van der Waals surface area contributed by atoms with Crippen molar-refractivity contribution >= 4 is 17.7 Å². The lowest BCUT2D eigenvalue weighted by molar-refractivity contribution is -0.896. The molecule has 1 N–H and O–H groups in total. The number of quaternary nitrogens is 1. The summed E-state index contributed by atoms with van der Waals surface area (Å²) in [7, 11) is 2.58. The highest BCUT2D eigenvalue weighted by Crippen LogP contribution is 2.24. The lowest BCUT2D eigenvalue weighted by Gasteiger charge is -2.22. The second-order valence-electron chi connectivity index (χ2n) is 7.78. The van der Waals surface area contributed by atoms with E-state index >= 15 is 0 Å². The van der Waals surface area contributed by atoms with Gasteiger partial charge in [0, 0.05) is 22.6 Å². The minimum atomic E-state index is -0.547. The number of likely N-dealkylation sites (tertiary alicyclic amines) is 1. The zero-order valence-corrected chi connectivity index (χ0v) is 18.0. The number of hydrogen-bond acceptors (Lipinski definition) is 5. The largest absolute Gasteiger partial charge is 0.465 e. The second kappa shape index (κ2) is 9.26. The Labute approximate surface area is 176 Å². The number of Topliss-reactive ketones (excluding diaryl/α,β-unsaturated/α-hetero) is 1. The zero-order valence-electron chi connectivity index (χ0n) is 18.0. The van der Waals surface area contributed by atoms with Crippen LogP contribution in [0.2, 0.25) is 0 Å². The Balaban J connectivity index is 2.00. The van der Waals surface area contributed by atoms with E-state index in [1.54, 1.807) is 12.1 Å². The van der Waals surface area contributed by atoms with E-state index in [9.17, 15) is 14.4 Å². The molecule has 1 fully saturated rings. The number of rotatable bonds is 6. The number of carbonyl (C=O) groups excluding carboxylic acids is 3. The van der Waals surface area contributed by atoms with Crippen LogP contribution in [0.1, 0.15) is 61.7 Å². The summed E-state index contributed by atoms with van der Waals surface area (Å²) in [6.07, 6.45) is 3.57. The molecule has 0 unspecified atom stereocenters. The van der Waals surface area contributed by atoms with Crippen molar-refractivity contribution in [3.8, 4) is 5.69 Å². The second-order valence-corrected chi connectivity index (χ2v) is 7.78. The summed E-state index contributed by atoms with van der Waals surface area (Å²) in [4.78, 5) is 38.6. The number of methoxy groups -OCH3 is 2. The number of aromatic nitrogens is 1. The number of piperidine rings is 1. The van der Waals surface area contributed by atoms with Gasteiger partial charge in [-0.1, -0.05) is 0 Å². The van der Waals surface area contributed by atoms with E-state index in [4.69, 9.17) is 9.47 Å². The number of ether oxygens (including phenoxy) is 2. The van der Waals surface area contributed by atoms with Gasteiger partial charge < -0.3 is 18.9 Å². The fraction of sp³-hybridized carbons (Fsp3) is 0.435. The Bertz CT molecular complexity index is 936. The summed E-state index contributed by atoms with van der Waals surface area (Å²) >= 11 is 0. The van der Waals surface area contributed by atoms with E-state index in [1.165, 1.54) is 31.6 Å². The van der Waals surface area contributed by atoms with Crippen molar-refractivity contribution in [2.45, 2.75) is 33.1 Å². The van der Waals surface area contributed by atoms with Crippen LogP contribution < -0.4 is 4.90 Å². The average molecular weight is 413 g/mol. The first-order valence-electron chi connectivity index (χ1n) is 10.2. The molecule has 0 amide bonds. The van der Waals surface area contributed by atoms with E-state index < -0.39 is 11.9 Å². The molecular weight excluding hydrogens is 384 g/mol. The van der Waals surface area contributed by atoms with Gasteiger partial charge in [-0.3, -0.25) is 4.79 Å². The molecule has 0 spiro atoms. The Morgan fingerprint density at radius 2 is 1.47 bits per heavy atom. The lowest BCUT2D eigenvalue weighted by atomic mass is 10.1. The van der Waals surface area contributed by atoms with E-state index in [2.05, 4.69) is 0 Å². The monoisotopic (exact) mass is 413 g/mol. The van der Waals surface area contributed by atoms with Crippen molar-refractivity contribution in [1.29, 1.82) is 0 Å². The minimum absolute atomic E-state index is 0.114. The fourth-order valence-corrected chi connectivity index (χ4v) is 4.20. The van der Waals surface area contributed by atoms with Gasteiger partial charge in [-0.25, -0.2) is 9.59 Å². The maximum absolute atomic E-state index is 13.0. The SMILES string of the molecule is COC(=O)c1cc(C(=O)OC)cc(-n2c(C)cc(C(=O)C[NH+]3CCCCC3)c2C)c1. The highest BCUT2D eigenvalue weighted by Gasteiger charge is 2.23. The van der Waals surface area contributed by atoms with Crippen LogP contribution in [0.5, 0.6) is 0 Å². The fourth-order valence-electron chi connectivity index (χ4n) is 4.20. The average Bonchev–Trinajstić information content (AvgIpc) is 3.06. The zero-order chi connectivity index (χ0) is 21.8. The van der Waals surface area contributed by atoms with Crippen LogP contribution in [0.4, 0.5) is 0 Å². The number of nitrogens with one attached hydrogen (secondary N) is 1. The number of hydrogen-bond donors (Lipinski definition) is 1. The molecule has 0 bridgehead atoms. The number of carbonyl (C=O) groups is 3. The quantitative estimate of drug-likeness (QED) is 0.578. The molecule has 1 aliphatic heterocycles. The molecule has 1 saturated heterocycles. The molecule has 7 nitrogen and oxygen atoms in total. The number of ketones is 1. The molecule has 2 heterocycles. The molecule has 7 heteroatoms. The lowest BCUT2D eigenvalue weighted by Crippen LogP contribution is -3.13. The van der Waals surface area contributed by atoms with E-state index in [-0.39, 0.29) is 16.9 Å². The van der Waals surface area contributed by atoms with Gasteiger partial charge in [-0.2, -0.15) is 0 Å². The van der Waals surface area contributed by atoms with Crippen LogP contribution in [-0.4, -0.2) is 56.1 Å². The number of nitrogens with zero attached hydrogens (tertiary/aromatic N) is 1. The van der Waals surface area contributed by atoms with Crippen LogP contribution in [0, 0.1) is 13.8 Å². The summed E-state index contributed by atoms with van der Waals surface area (Å²) in [5, 5.41) is 0. The molecule has 1 aromatic carbocycles. The minimum Gasteiger partial charge on any atom is -0.465 e. The summed E-state index contributed by atoms with van der Waals surface area (Å²) in [5.74, 6) is -0.979. The number of benzene rings is 1. The molecule has 3 rings (SSSR count). The highest BCUT2D eigenvalue weighted by molar-refractivity contribution is 5.99. The van der Waals surface area contributed by atoms with Gasteiger partial charge >= 0.3 is 11.9 Å². The first-order valence-corrected chi connectivity index (χ1v) is 10.2. The molecule has 2 aromatic rings. The van der Waals surface area contributed by atoms with Gasteiger partial charge in [0.15, 0.2) is 0 Å². The molecule has 0 radical (unpaired) electrons. The topological polar surface area (TPSA) is 79.0 Å². The Morgan fingerprint density at radius 3 is 2.00 bits per heavy atom. The van der Waals surface area contributed by atoms with Crippen LogP contribution in [-0.2, 0) is 9.47 Å². The van der Waals surface area contributed by atoms with Gasteiger partial charge in [0.25, 0.3) is 0 Å². The molecule has 0 aliphatic carbocycles. The normalized spacial score (nSPS) is 14.4. The summed E-state index contributed by atoms with van der Waals surface area (Å²) < 4.78 is 11.5. The molecule has 0 saturated carbocycles. The first kappa shape index (κ1) is 21.8. The molecular formula is C23H29N2O5+. The van der Waals surface area contributed by atoms with Crippen LogP contribution in [0.15, 0.2) is 24.3 Å². The number of aryl methyl sites for hydroxylation is 1. The smallest absolute Gasteiger partial charge is 0.337 e. The molecule has 0 atom stereocenters. The van der Waals surface area contributed by atoms with Crippen molar-refractivity contribution in [3.05, 3.63) is 52.3 Å². The molecule has 30 heavy (non-hydrogen) atoms. The van der Waals surface area contributed by atoms with E-state index in [0.717, 1.165) is 37.3 Å². The third-order valence-corrected chi connectivity index (χ3v) is 5.72. The van der Waals surface area contributed by atoms with Crippen molar-refractivity contribution in [2.75, 3.05) is 33.9 Å². The van der Waals surface area contributed by atoms with Crippen molar-refractivity contribution in [2.24, 2.45) is 0 Å². The maximum atomic E-state index is 13.0. The summed E-state index contributed by atoms with van der Waals surface area (Å²) in [6, 6.07) is 6.63. The van der Waals surface area contributed by atoms with E-state index in [1.807, 2.05) is 24.5 Å².